The van der Waals surface area contributed by atoms with Crippen LogP contribution in [0.15, 0.2) is 91.1 Å². The number of likely N-dealkylation sites (tertiary alicyclic amines) is 2. The number of ether oxygens (including phenoxy) is 1. The number of primary amides is 1. The second kappa shape index (κ2) is 17.4. The Morgan fingerprint density at radius 3 is 2.38 bits per heavy atom. The number of fused-ring (bicyclic) bond motifs is 3. The number of carbonyl (C=O) groups excluding carboxylic acids is 2. The van der Waals surface area contributed by atoms with Crippen LogP contribution < -0.4 is 21.6 Å². The number of para-hydroxylation sites is 2. The summed E-state index contributed by atoms with van der Waals surface area (Å²) >= 11 is 13.9. The van der Waals surface area contributed by atoms with Gasteiger partial charge in [-0.1, -0.05) is 45.7 Å². The van der Waals surface area contributed by atoms with Crippen molar-refractivity contribution < 1.29 is 18.7 Å². The highest BCUT2D eigenvalue weighted by molar-refractivity contribution is 9.10. The monoisotopic (exact) mass is 903 g/mol. The zero-order valence-corrected chi connectivity index (χ0v) is 35.0. The second-order valence-electron chi connectivity index (χ2n) is 14.7. The van der Waals surface area contributed by atoms with Crippen molar-refractivity contribution in [1.82, 2.24) is 14.8 Å². The fourth-order valence-corrected chi connectivity index (χ4v) is 9.92. The molecule has 1 aliphatic carbocycles. The van der Waals surface area contributed by atoms with Crippen molar-refractivity contribution in [2.75, 3.05) is 39.0 Å². The minimum absolute atomic E-state index is 0.0935. The van der Waals surface area contributed by atoms with Gasteiger partial charge in [0.2, 0.25) is 5.91 Å². The number of aromatic nitrogens is 1. The molecule has 3 amide bonds. The normalized spacial score (nSPS) is 17.3. The quantitative estimate of drug-likeness (QED) is 0.168. The summed E-state index contributed by atoms with van der Waals surface area (Å²) in [4.78, 5) is 45.3. The van der Waals surface area contributed by atoms with Gasteiger partial charge in [-0.15, -0.1) is 0 Å². The summed E-state index contributed by atoms with van der Waals surface area (Å²) in [5.41, 5.74) is 18.0. The summed E-state index contributed by atoms with van der Waals surface area (Å²) in [6, 6.07) is 19.9. The standard InChI is InChI=1S/C27H31Br2ClN4O2.C16H13NO3/c28-20-12-19-2-1-18-13-21(30)14-22(29)24(18)25(26(19)32-15-20)17-5-9-33(10-6-17)23(35)11-16-3-7-34(8-4-16)27(31)36;1-19-14-8-4-6-11(16(14)17)15-9-12(18)10-5-2-3-7-13(10)20-15/h12-17,25H,1-11H2,(H2,31,36);2-9H,17H2,1H3/t25-;/m1./s1. The number of amides is 3. The zero-order valence-electron chi connectivity index (χ0n) is 31.1. The van der Waals surface area contributed by atoms with E-state index in [9.17, 15) is 14.4 Å². The van der Waals surface area contributed by atoms with E-state index in [1.165, 1.54) is 22.8 Å². The van der Waals surface area contributed by atoms with Crippen LogP contribution in [0.25, 0.3) is 22.3 Å². The molecule has 0 bridgehead atoms. The smallest absolute Gasteiger partial charge is 0.314 e. The Bertz CT molecular complexity index is 2320. The fraction of sp³-hybridized carbons (Fsp3) is 0.349. The lowest BCUT2D eigenvalue weighted by Crippen LogP contribution is -2.44. The maximum Gasteiger partial charge on any atom is 0.314 e. The first-order valence-electron chi connectivity index (χ1n) is 18.9. The van der Waals surface area contributed by atoms with Gasteiger partial charge in [0.1, 0.15) is 17.1 Å². The van der Waals surface area contributed by atoms with Gasteiger partial charge in [0.25, 0.3) is 0 Å². The third-order valence-corrected chi connectivity index (χ3v) is 12.7. The molecule has 2 aliphatic heterocycles. The van der Waals surface area contributed by atoms with Gasteiger partial charge in [-0.3, -0.25) is 14.6 Å². The number of nitrogen functional groups attached to an aromatic ring is 1. The summed E-state index contributed by atoms with van der Waals surface area (Å²) in [7, 11) is 1.55. The lowest BCUT2D eigenvalue weighted by Gasteiger charge is -2.38. The van der Waals surface area contributed by atoms with E-state index in [1.54, 1.807) is 48.4 Å². The highest BCUT2D eigenvalue weighted by Gasteiger charge is 2.37. The highest BCUT2D eigenvalue weighted by atomic mass is 79.9. The topological polar surface area (TPSA) is 145 Å². The molecule has 4 heterocycles. The molecule has 2 saturated heterocycles. The molecule has 4 N–H and O–H groups in total. The van der Waals surface area contributed by atoms with E-state index in [2.05, 4.69) is 44.0 Å². The van der Waals surface area contributed by atoms with Crippen LogP contribution in [0, 0.1) is 11.8 Å². The van der Waals surface area contributed by atoms with Crippen molar-refractivity contribution in [3.63, 3.8) is 0 Å². The first-order valence-corrected chi connectivity index (χ1v) is 20.9. The van der Waals surface area contributed by atoms with Crippen LogP contribution in [0.5, 0.6) is 5.75 Å². The number of aryl methyl sites for hydroxylation is 2. The average molecular weight is 906 g/mol. The van der Waals surface area contributed by atoms with Crippen molar-refractivity contribution in [3.05, 3.63) is 120 Å². The van der Waals surface area contributed by atoms with E-state index in [0.29, 0.717) is 65.1 Å². The number of halogens is 3. The number of anilines is 1. The lowest BCUT2D eigenvalue weighted by molar-refractivity contribution is -0.134. The first-order chi connectivity index (χ1) is 27.0. The summed E-state index contributed by atoms with van der Waals surface area (Å²) in [5.74, 6) is 2.13. The molecular weight excluding hydrogens is 862 g/mol. The molecule has 10 nitrogen and oxygen atoms in total. The van der Waals surface area contributed by atoms with Gasteiger partial charge in [0.05, 0.1) is 23.9 Å². The third-order valence-electron chi connectivity index (χ3n) is 11.4. The van der Waals surface area contributed by atoms with E-state index in [0.717, 1.165) is 71.3 Å². The molecule has 13 heteroatoms. The van der Waals surface area contributed by atoms with E-state index in [-0.39, 0.29) is 23.3 Å². The molecule has 8 rings (SSSR count). The summed E-state index contributed by atoms with van der Waals surface area (Å²) < 4.78 is 13.0. The third kappa shape index (κ3) is 8.62. The largest absolute Gasteiger partial charge is 0.495 e. The molecule has 292 valence electrons. The van der Waals surface area contributed by atoms with Crippen LogP contribution in [0.4, 0.5) is 10.5 Å². The van der Waals surface area contributed by atoms with Crippen LogP contribution >= 0.6 is 43.5 Å². The van der Waals surface area contributed by atoms with Crippen molar-refractivity contribution in [3.8, 4) is 17.1 Å². The number of benzene rings is 3. The van der Waals surface area contributed by atoms with Crippen LogP contribution in [0.3, 0.4) is 0 Å². The molecular formula is C43H44Br2ClN5O5. The molecule has 1 atom stereocenters. The fourth-order valence-electron chi connectivity index (χ4n) is 8.42. The summed E-state index contributed by atoms with van der Waals surface area (Å²) in [6.07, 6.45) is 7.92. The Morgan fingerprint density at radius 1 is 0.929 bits per heavy atom. The summed E-state index contributed by atoms with van der Waals surface area (Å²) in [6.45, 7) is 2.84. The summed E-state index contributed by atoms with van der Waals surface area (Å²) in [5, 5.41) is 1.30. The molecule has 0 unspecified atom stereocenters. The SMILES string of the molecule is COc1cccc(-c2cc(=O)c3ccccc3o2)c1N.NC(=O)N1CCC(CC(=O)N2CCC([C@H]3c4ncc(Br)cc4CCc4cc(Cl)cc(Br)c43)CC2)CC1. The number of rotatable bonds is 5. The minimum Gasteiger partial charge on any atom is -0.495 e. The molecule has 5 aromatic rings. The predicted molar refractivity (Wildman–Crippen MR) is 227 cm³/mol. The van der Waals surface area contributed by atoms with Gasteiger partial charge >= 0.3 is 6.03 Å². The Kier molecular flexibility index (Phi) is 12.4. The minimum atomic E-state index is -0.362. The van der Waals surface area contributed by atoms with E-state index >= 15 is 0 Å². The van der Waals surface area contributed by atoms with Crippen LogP contribution in [0.1, 0.15) is 60.4 Å². The molecule has 2 aromatic heterocycles. The van der Waals surface area contributed by atoms with Gasteiger partial charge in [-0.25, -0.2) is 4.79 Å². The highest BCUT2D eigenvalue weighted by Crippen LogP contribution is 2.46. The van der Waals surface area contributed by atoms with E-state index in [1.807, 2.05) is 23.2 Å². The number of nitrogens with two attached hydrogens (primary N) is 2. The lowest BCUT2D eigenvalue weighted by atomic mass is 9.76. The number of urea groups is 1. The Balaban J connectivity index is 0.000000202. The molecule has 0 saturated carbocycles. The maximum absolute atomic E-state index is 13.1. The van der Waals surface area contributed by atoms with Gasteiger partial charge < -0.3 is 30.4 Å². The first kappa shape index (κ1) is 39.8. The maximum atomic E-state index is 13.1. The van der Waals surface area contributed by atoms with Crippen LogP contribution in [-0.4, -0.2) is 60.0 Å². The Labute approximate surface area is 347 Å². The van der Waals surface area contributed by atoms with Crippen molar-refractivity contribution in [2.45, 2.75) is 50.9 Å². The predicted octanol–water partition coefficient (Wildman–Crippen LogP) is 8.96. The van der Waals surface area contributed by atoms with Gasteiger partial charge in [0.15, 0.2) is 5.43 Å². The Morgan fingerprint density at radius 2 is 1.64 bits per heavy atom. The zero-order chi connectivity index (χ0) is 39.5. The molecule has 3 aliphatic rings. The van der Waals surface area contributed by atoms with Gasteiger partial charge in [-0.05, 0) is 125 Å². The van der Waals surface area contributed by atoms with E-state index in [4.69, 9.17) is 37.2 Å². The molecule has 0 spiro atoms. The van der Waals surface area contributed by atoms with Gasteiger partial charge in [0, 0.05) is 70.3 Å². The van der Waals surface area contributed by atoms with Gasteiger partial charge in [-0.2, -0.15) is 0 Å². The number of carbonyl (C=O) groups is 2. The molecule has 56 heavy (non-hydrogen) atoms. The molecule has 0 radical (unpaired) electrons. The number of pyridine rings is 1. The number of piperidine rings is 2. The second-order valence-corrected chi connectivity index (χ2v) is 16.9. The average Bonchev–Trinajstić information content (AvgIpc) is 3.35. The van der Waals surface area contributed by atoms with Crippen molar-refractivity contribution in [2.24, 2.45) is 17.6 Å². The number of hydrogen-bond acceptors (Lipinski definition) is 7. The van der Waals surface area contributed by atoms with Crippen LogP contribution in [-0.2, 0) is 17.6 Å². The van der Waals surface area contributed by atoms with Crippen molar-refractivity contribution in [1.29, 1.82) is 0 Å². The van der Waals surface area contributed by atoms with E-state index < -0.39 is 0 Å². The number of hydrogen-bond donors (Lipinski definition) is 2. The number of nitrogens with zero attached hydrogens (tertiary/aromatic N) is 3. The molecule has 2 fully saturated rings. The molecule has 3 aromatic carbocycles. The Hall–Kier alpha value is -4.39. The van der Waals surface area contributed by atoms with Crippen LogP contribution in [0.2, 0.25) is 5.02 Å². The van der Waals surface area contributed by atoms with Crippen molar-refractivity contribution >= 4 is 72.1 Å². The number of methoxy groups -OCH3 is 1.